The molecule has 6 heteroatoms. The standard InChI is InChI=1S/C17H20ClN3O2/c1-21-10-20-14-6-7-15(22-2)12(17(14)21)9-19-11-4-5-13(18)16(8-11)23-3/h4-8,19-20H,9-10H2,1-3H3. The van der Waals surface area contributed by atoms with E-state index < -0.39 is 0 Å². The number of hydrogen-bond acceptors (Lipinski definition) is 5. The lowest BCUT2D eigenvalue weighted by molar-refractivity contribution is 0.410. The highest BCUT2D eigenvalue weighted by atomic mass is 35.5. The van der Waals surface area contributed by atoms with E-state index in [0.29, 0.717) is 17.3 Å². The number of nitrogens with zero attached hydrogens (tertiary/aromatic N) is 1. The third-order valence-electron chi connectivity index (χ3n) is 3.97. The molecule has 2 N–H and O–H groups in total. The van der Waals surface area contributed by atoms with Crippen LogP contribution in [0.3, 0.4) is 0 Å². The Balaban J connectivity index is 1.87. The van der Waals surface area contributed by atoms with Gasteiger partial charge in [-0.15, -0.1) is 0 Å². The van der Waals surface area contributed by atoms with Crippen LogP contribution in [0.2, 0.25) is 5.02 Å². The van der Waals surface area contributed by atoms with Crippen LogP contribution >= 0.6 is 11.6 Å². The Bertz CT molecular complexity index is 721. The number of ether oxygens (including phenoxy) is 2. The predicted molar refractivity (Wildman–Crippen MR) is 95.2 cm³/mol. The summed E-state index contributed by atoms with van der Waals surface area (Å²) in [6.07, 6.45) is 0. The molecule has 0 atom stereocenters. The molecule has 0 aliphatic carbocycles. The number of benzene rings is 2. The number of hydrogen-bond donors (Lipinski definition) is 2. The molecule has 0 saturated heterocycles. The summed E-state index contributed by atoms with van der Waals surface area (Å²) in [5.74, 6) is 1.52. The molecule has 3 rings (SSSR count). The maximum Gasteiger partial charge on any atom is 0.139 e. The van der Waals surface area contributed by atoms with Gasteiger partial charge in [0.05, 0.1) is 37.3 Å². The number of methoxy groups -OCH3 is 2. The molecule has 1 heterocycles. The number of nitrogens with one attached hydrogen (secondary N) is 2. The molecular weight excluding hydrogens is 314 g/mol. The Labute approximate surface area is 141 Å². The number of fused-ring (bicyclic) bond motifs is 1. The summed E-state index contributed by atoms with van der Waals surface area (Å²) < 4.78 is 10.8. The predicted octanol–water partition coefficient (Wildman–Crippen LogP) is 3.79. The van der Waals surface area contributed by atoms with E-state index in [9.17, 15) is 0 Å². The van der Waals surface area contributed by atoms with Crippen LogP contribution < -0.4 is 25.0 Å². The fourth-order valence-electron chi connectivity index (χ4n) is 2.80. The quantitative estimate of drug-likeness (QED) is 0.871. The first kappa shape index (κ1) is 15.6. The third-order valence-corrected chi connectivity index (χ3v) is 4.28. The van der Waals surface area contributed by atoms with Crippen molar-refractivity contribution in [1.29, 1.82) is 0 Å². The maximum absolute atomic E-state index is 6.07. The fraction of sp³-hybridized carbons (Fsp3) is 0.294. The zero-order chi connectivity index (χ0) is 16.4. The van der Waals surface area contributed by atoms with Crippen LogP contribution in [0.4, 0.5) is 17.1 Å². The number of halogens is 1. The van der Waals surface area contributed by atoms with Gasteiger partial charge in [-0.05, 0) is 24.3 Å². The van der Waals surface area contributed by atoms with Crippen molar-refractivity contribution < 1.29 is 9.47 Å². The summed E-state index contributed by atoms with van der Waals surface area (Å²) in [5.41, 5.74) is 4.35. The summed E-state index contributed by atoms with van der Waals surface area (Å²) in [7, 11) is 5.37. The van der Waals surface area contributed by atoms with E-state index in [-0.39, 0.29) is 0 Å². The average Bonchev–Trinajstić information content (AvgIpc) is 2.95. The van der Waals surface area contributed by atoms with E-state index in [1.165, 1.54) is 0 Å². The van der Waals surface area contributed by atoms with Crippen molar-refractivity contribution in [2.24, 2.45) is 0 Å². The van der Waals surface area contributed by atoms with Crippen LogP contribution in [0.25, 0.3) is 0 Å². The van der Waals surface area contributed by atoms with Crippen LogP contribution in [0.15, 0.2) is 30.3 Å². The van der Waals surface area contributed by atoms with Gasteiger partial charge in [0.15, 0.2) is 0 Å². The lowest BCUT2D eigenvalue weighted by Gasteiger charge is -2.19. The van der Waals surface area contributed by atoms with Crippen molar-refractivity contribution in [3.63, 3.8) is 0 Å². The molecule has 2 aromatic carbocycles. The van der Waals surface area contributed by atoms with Gasteiger partial charge in [-0.2, -0.15) is 0 Å². The zero-order valence-electron chi connectivity index (χ0n) is 13.4. The van der Waals surface area contributed by atoms with E-state index >= 15 is 0 Å². The van der Waals surface area contributed by atoms with Gasteiger partial charge >= 0.3 is 0 Å². The SMILES string of the molecule is COc1cc(NCc2c(OC)ccc3c2N(C)CN3)ccc1Cl. The van der Waals surface area contributed by atoms with Gasteiger partial charge in [0.1, 0.15) is 11.5 Å². The second-order valence-corrected chi connectivity index (χ2v) is 5.79. The normalized spacial score (nSPS) is 12.6. The Morgan fingerprint density at radius 1 is 1.17 bits per heavy atom. The highest BCUT2D eigenvalue weighted by Crippen LogP contribution is 2.39. The first-order valence-corrected chi connectivity index (χ1v) is 7.74. The second kappa shape index (κ2) is 6.46. The minimum Gasteiger partial charge on any atom is -0.496 e. The zero-order valence-corrected chi connectivity index (χ0v) is 14.2. The Morgan fingerprint density at radius 3 is 2.70 bits per heavy atom. The molecule has 0 spiro atoms. The van der Waals surface area contributed by atoms with E-state index in [0.717, 1.165) is 35.0 Å². The molecule has 0 amide bonds. The van der Waals surface area contributed by atoms with E-state index in [1.54, 1.807) is 14.2 Å². The Hall–Kier alpha value is -2.27. The minimum atomic E-state index is 0.597. The van der Waals surface area contributed by atoms with Gasteiger partial charge in [-0.3, -0.25) is 0 Å². The summed E-state index contributed by atoms with van der Waals surface area (Å²) in [5, 5.41) is 7.38. The lowest BCUT2D eigenvalue weighted by Crippen LogP contribution is -2.18. The fourth-order valence-corrected chi connectivity index (χ4v) is 3.00. The van der Waals surface area contributed by atoms with Gasteiger partial charge in [0, 0.05) is 30.9 Å². The summed E-state index contributed by atoms with van der Waals surface area (Å²) in [6.45, 7) is 1.44. The largest absolute Gasteiger partial charge is 0.496 e. The third kappa shape index (κ3) is 2.97. The van der Waals surface area contributed by atoms with Crippen molar-refractivity contribution in [2.45, 2.75) is 6.54 Å². The van der Waals surface area contributed by atoms with Crippen LogP contribution in [0.5, 0.6) is 11.5 Å². The minimum absolute atomic E-state index is 0.597. The Morgan fingerprint density at radius 2 is 1.96 bits per heavy atom. The lowest BCUT2D eigenvalue weighted by atomic mass is 10.1. The second-order valence-electron chi connectivity index (χ2n) is 5.38. The van der Waals surface area contributed by atoms with Crippen molar-refractivity contribution in [3.05, 3.63) is 40.9 Å². The molecule has 5 nitrogen and oxygen atoms in total. The Kier molecular flexibility index (Phi) is 4.39. The average molecular weight is 334 g/mol. The van der Waals surface area contributed by atoms with Crippen molar-refractivity contribution in [1.82, 2.24) is 0 Å². The first-order valence-electron chi connectivity index (χ1n) is 7.36. The maximum atomic E-state index is 6.07. The molecule has 0 aromatic heterocycles. The number of rotatable bonds is 5. The van der Waals surface area contributed by atoms with Crippen molar-refractivity contribution >= 4 is 28.7 Å². The van der Waals surface area contributed by atoms with Gasteiger partial charge in [0.25, 0.3) is 0 Å². The van der Waals surface area contributed by atoms with Crippen molar-refractivity contribution in [2.75, 3.05) is 43.5 Å². The molecular formula is C17H20ClN3O2. The van der Waals surface area contributed by atoms with Gasteiger partial charge in [0.2, 0.25) is 0 Å². The molecule has 0 saturated carbocycles. The highest BCUT2D eigenvalue weighted by molar-refractivity contribution is 6.32. The monoisotopic (exact) mass is 333 g/mol. The molecule has 23 heavy (non-hydrogen) atoms. The molecule has 0 unspecified atom stereocenters. The van der Waals surface area contributed by atoms with E-state index in [2.05, 4.69) is 22.6 Å². The molecule has 1 aliphatic rings. The van der Waals surface area contributed by atoms with E-state index in [4.69, 9.17) is 21.1 Å². The van der Waals surface area contributed by atoms with Gasteiger partial charge in [-0.25, -0.2) is 0 Å². The smallest absolute Gasteiger partial charge is 0.139 e. The van der Waals surface area contributed by atoms with Crippen LogP contribution in [0.1, 0.15) is 5.56 Å². The molecule has 0 fully saturated rings. The molecule has 1 aliphatic heterocycles. The van der Waals surface area contributed by atoms with Crippen LogP contribution in [0, 0.1) is 0 Å². The molecule has 0 radical (unpaired) electrons. The topological polar surface area (TPSA) is 45.8 Å². The van der Waals surface area contributed by atoms with Crippen LogP contribution in [-0.4, -0.2) is 27.9 Å². The summed E-state index contributed by atoms with van der Waals surface area (Å²) in [4.78, 5) is 2.18. The van der Waals surface area contributed by atoms with Crippen LogP contribution in [-0.2, 0) is 6.54 Å². The first-order chi connectivity index (χ1) is 11.1. The molecule has 122 valence electrons. The van der Waals surface area contributed by atoms with Gasteiger partial charge < -0.3 is 25.0 Å². The van der Waals surface area contributed by atoms with E-state index in [1.807, 2.05) is 30.3 Å². The highest BCUT2D eigenvalue weighted by Gasteiger charge is 2.22. The summed E-state index contributed by atoms with van der Waals surface area (Å²) >= 11 is 6.07. The van der Waals surface area contributed by atoms with Gasteiger partial charge in [-0.1, -0.05) is 11.6 Å². The van der Waals surface area contributed by atoms with Crippen molar-refractivity contribution in [3.8, 4) is 11.5 Å². The molecule has 2 aromatic rings. The molecule has 0 bridgehead atoms. The summed E-state index contributed by atoms with van der Waals surface area (Å²) in [6, 6.07) is 9.68. The number of anilines is 3.